The van der Waals surface area contributed by atoms with E-state index in [0.717, 1.165) is 11.5 Å². The van der Waals surface area contributed by atoms with Gasteiger partial charge < -0.3 is 4.74 Å². The Hall–Kier alpha value is -2.32. The molecule has 4 rings (SSSR count). The van der Waals surface area contributed by atoms with E-state index in [9.17, 15) is 0 Å². The fourth-order valence-corrected chi connectivity index (χ4v) is 4.75. The van der Waals surface area contributed by atoms with Crippen molar-refractivity contribution in [1.82, 2.24) is 0 Å². The van der Waals surface area contributed by atoms with Crippen molar-refractivity contribution in [1.29, 1.82) is 0 Å². The van der Waals surface area contributed by atoms with Crippen LogP contribution >= 0.6 is 0 Å². The second-order valence-electron chi connectivity index (χ2n) is 7.08. The number of benzene rings is 3. The molecule has 0 fully saturated rings. The summed E-state index contributed by atoms with van der Waals surface area (Å²) >= 11 is 0. The highest BCUT2D eigenvalue weighted by atomic mass is 28.3. The molecule has 0 aliphatic carbocycles. The second-order valence-corrected chi connectivity index (χ2v) is 12.1. The molecule has 3 aromatic rings. The van der Waals surface area contributed by atoms with Crippen LogP contribution in [0.15, 0.2) is 66.7 Å². The minimum Gasteiger partial charge on any atom is -0.456 e. The average Bonchev–Trinajstić information content (AvgIpc) is 2.68. The Balaban J connectivity index is 2.11. The monoisotopic (exact) mass is 316 g/mol. The van der Waals surface area contributed by atoms with Gasteiger partial charge in [0.15, 0.2) is 0 Å². The Morgan fingerprint density at radius 2 is 1.17 bits per heavy atom. The molecule has 114 valence electrons. The fraction of sp³-hybridized carbons (Fsp3) is 0.143. The van der Waals surface area contributed by atoms with E-state index in [-0.39, 0.29) is 0 Å². The zero-order chi connectivity index (χ0) is 16.0. The maximum atomic E-state index is 6.48. The molecule has 1 aliphatic rings. The summed E-state index contributed by atoms with van der Waals surface area (Å²) in [7, 11) is -1.50. The maximum absolute atomic E-state index is 6.48. The van der Waals surface area contributed by atoms with E-state index in [1.54, 1.807) is 0 Å². The molecule has 0 spiro atoms. The first-order valence-corrected chi connectivity index (χ1v) is 11.6. The van der Waals surface area contributed by atoms with Gasteiger partial charge in [0.05, 0.1) is 8.07 Å². The van der Waals surface area contributed by atoms with E-state index in [1.807, 2.05) is 6.07 Å². The third-order valence-corrected chi connectivity index (χ3v) is 6.44. The topological polar surface area (TPSA) is 9.23 Å². The maximum Gasteiger partial charge on any atom is 0.135 e. The van der Waals surface area contributed by atoms with Gasteiger partial charge in [0, 0.05) is 11.1 Å². The molecule has 1 aliphatic heterocycles. The van der Waals surface area contributed by atoms with Gasteiger partial charge in [0.2, 0.25) is 0 Å². The molecule has 0 atom stereocenters. The number of ether oxygens (including phenoxy) is 1. The van der Waals surface area contributed by atoms with Crippen molar-refractivity contribution in [3.63, 3.8) is 0 Å². The van der Waals surface area contributed by atoms with Crippen LogP contribution in [0, 0.1) is 0 Å². The number of hydrogen-bond donors (Lipinski definition) is 0. The van der Waals surface area contributed by atoms with Gasteiger partial charge in [-0.3, -0.25) is 0 Å². The number of rotatable bonds is 1. The van der Waals surface area contributed by atoms with Crippen LogP contribution in [0.3, 0.4) is 0 Å². The SMILES string of the molecule is C[Si](C)(C)c1cccc2c1Oc1ccccc1-c1ccccc1-2. The Kier molecular flexibility index (Phi) is 3.17. The normalized spacial score (nSPS) is 12.5. The predicted octanol–water partition coefficient (Wildman–Crippen LogP) is 5.67. The molecule has 0 bridgehead atoms. The van der Waals surface area contributed by atoms with Crippen LogP contribution in [0.4, 0.5) is 0 Å². The summed E-state index contributed by atoms with van der Waals surface area (Å²) in [5, 5.41) is 1.38. The Morgan fingerprint density at radius 3 is 1.87 bits per heavy atom. The van der Waals surface area contributed by atoms with Crippen molar-refractivity contribution in [2.45, 2.75) is 19.6 Å². The van der Waals surface area contributed by atoms with Gasteiger partial charge in [0.1, 0.15) is 11.5 Å². The van der Waals surface area contributed by atoms with Crippen molar-refractivity contribution < 1.29 is 4.74 Å². The van der Waals surface area contributed by atoms with Gasteiger partial charge in [-0.25, -0.2) is 0 Å². The highest BCUT2D eigenvalue weighted by Crippen LogP contribution is 2.45. The predicted molar refractivity (Wildman–Crippen MR) is 100 cm³/mol. The van der Waals surface area contributed by atoms with Crippen LogP contribution in [0.5, 0.6) is 11.5 Å². The lowest BCUT2D eigenvalue weighted by Gasteiger charge is -2.22. The van der Waals surface area contributed by atoms with Crippen LogP contribution in [-0.4, -0.2) is 8.07 Å². The van der Waals surface area contributed by atoms with Gasteiger partial charge in [-0.15, -0.1) is 0 Å². The number of hydrogen-bond acceptors (Lipinski definition) is 1. The van der Waals surface area contributed by atoms with Crippen LogP contribution in [0.25, 0.3) is 22.3 Å². The highest BCUT2D eigenvalue weighted by molar-refractivity contribution is 6.89. The Morgan fingerprint density at radius 1 is 0.609 bits per heavy atom. The van der Waals surface area contributed by atoms with Crippen molar-refractivity contribution >= 4 is 13.3 Å². The number of para-hydroxylation sites is 2. The van der Waals surface area contributed by atoms with Gasteiger partial charge in [-0.1, -0.05) is 80.3 Å². The van der Waals surface area contributed by atoms with E-state index >= 15 is 0 Å². The van der Waals surface area contributed by atoms with Crippen LogP contribution in [0.2, 0.25) is 19.6 Å². The lowest BCUT2D eigenvalue weighted by Crippen LogP contribution is -2.38. The molecule has 3 aromatic carbocycles. The van der Waals surface area contributed by atoms with Crippen LogP contribution in [0.1, 0.15) is 0 Å². The summed E-state index contributed by atoms with van der Waals surface area (Å²) in [6, 6.07) is 23.5. The first-order chi connectivity index (χ1) is 11.1. The standard InChI is InChI=1S/C21H20OSi/c1-23(2,3)20-14-8-12-18-16-10-5-4-9-15(16)17-11-6-7-13-19(17)22-21(18)20/h4-14H,1-3H3. The van der Waals surface area contributed by atoms with Gasteiger partial charge in [-0.2, -0.15) is 0 Å². The summed E-state index contributed by atoms with van der Waals surface area (Å²) in [6.45, 7) is 7.11. The molecule has 0 saturated carbocycles. The smallest absolute Gasteiger partial charge is 0.135 e. The molecular weight excluding hydrogens is 296 g/mol. The molecule has 1 heterocycles. The Labute approximate surface area is 138 Å². The second kappa shape index (κ2) is 5.10. The first kappa shape index (κ1) is 14.3. The van der Waals surface area contributed by atoms with Crippen molar-refractivity contribution in [2.24, 2.45) is 0 Å². The van der Waals surface area contributed by atoms with Gasteiger partial charge >= 0.3 is 0 Å². The van der Waals surface area contributed by atoms with E-state index < -0.39 is 8.07 Å². The molecule has 0 N–H and O–H groups in total. The van der Waals surface area contributed by atoms with Gasteiger partial charge in [0.25, 0.3) is 0 Å². The summed E-state index contributed by atoms with van der Waals surface area (Å²) in [6.07, 6.45) is 0. The van der Waals surface area contributed by atoms with E-state index in [4.69, 9.17) is 4.74 Å². The summed E-state index contributed by atoms with van der Waals surface area (Å²) < 4.78 is 6.48. The quantitative estimate of drug-likeness (QED) is 0.411. The number of fused-ring (bicyclic) bond motifs is 5. The lowest BCUT2D eigenvalue weighted by molar-refractivity contribution is 0.491. The minimum atomic E-state index is -1.50. The molecule has 1 nitrogen and oxygen atoms in total. The molecule has 0 unspecified atom stereocenters. The molecule has 23 heavy (non-hydrogen) atoms. The molecule has 0 amide bonds. The highest BCUT2D eigenvalue weighted by Gasteiger charge is 2.27. The van der Waals surface area contributed by atoms with E-state index in [2.05, 4.69) is 80.3 Å². The average molecular weight is 316 g/mol. The van der Waals surface area contributed by atoms with Crippen molar-refractivity contribution in [3.05, 3.63) is 66.7 Å². The lowest BCUT2D eigenvalue weighted by atomic mass is 9.95. The van der Waals surface area contributed by atoms with Crippen LogP contribution in [-0.2, 0) is 0 Å². The third kappa shape index (κ3) is 2.30. The molecule has 0 aromatic heterocycles. The van der Waals surface area contributed by atoms with Gasteiger partial charge in [-0.05, 0) is 22.4 Å². The zero-order valence-corrected chi connectivity index (χ0v) is 14.8. The van der Waals surface area contributed by atoms with Crippen LogP contribution < -0.4 is 9.92 Å². The molecule has 0 saturated heterocycles. The fourth-order valence-electron chi connectivity index (χ4n) is 3.29. The zero-order valence-electron chi connectivity index (χ0n) is 13.8. The largest absolute Gasteiger partial charge is 0.456 e. The first-order valence-electron chi connectivity index (χ1n) is 8.06. The summed E-state index contributed by atoms with van der Waals surface area (Å²) in [5.41, 5.74) is 4.87. The van der Waals surface area contributed by atoms with E-state index in [0.29, 0.717) is 0 Å². The third-order valence-electron chi connectivity index (χ3n) is 4.43. The molecular formula is C21H20OSi. The molecule has 2 heteroatoms. The molecule has 0 radical (unpaired) electrons. The summed E-state index contributed by atoms with van der Waals surface area (Å²) in [4.78, 5) is 0. The minimum absolute atomic E-state index is 0.949. The van der Waals surface area contributed by atoms with E-state index in [1.165, 1.54) is 27.4 Å². The Bertz CT molecular complexity index is 890. The van der Waals surface area contributed by atoms with Crippen molar-refractivity contribution in [2.75, 3.05) is 0 Å². The van der Waals surface area contributed by atoms with Crippen molar-refractivity contribution in [3.8, 4) is 33.8 Å². The summed E-state index contributed by atoms with van der Waals surface area (Å²) in [5.74, 6) is 1.99.